The summed E-state index contributed by atoms with van der Waals surface area (Å²) in [6, 6.07) is 2.80. The Labute approximate surface area is 91.3 Å². The number of rotatable bonds is 4. The molecule has 0 radical (unpaired) electrons. The Bertz CT molecular complexity index is 307. The van der Waals surface area contributed by atoms with E-state index < -0.39 is 0 Å². The molecular formula is C11H20N4. The van der Waals surface area contributed by atoms with E-state index in [4.69, 9.17) is 0 Å². The third-order valence-corrected chi connectivity index (χ3v) is 3.07. The minimum Gasteiger partial charge on any atom is -0.318 e. The van der Waals surface area contributed by atoms with E-state index in [1.54, 1.807) is 0 Å². The molecule has 1 aromatic rings. The predicted molar refractivity (Wildman–Crippen MR) is 60.6 cm³/mol. The van der Waals surface area contributed by atoms with Crippen molar-refractivity contribution in [1.82, 2.24) is 20.0 Å². The van der Waals surface area contributed by atoms with Gasteiger partial charge in [-0.3, -0.25) is 9.58 Å². The molecule has 1 aliphatic heterocycles. The largest absolute Gasteiger partial charge is 0.318 e. The van der Waals surface area contributed by atoms with E-state index in [2.05, 4.69) is 21.4 Å². The number of nitrogens with one attached hydrogen (secondary N) is 1. The fourth-order valence-electron chi connectivity index (χ4n) is 2.33. The Balaban J connectivity index is 1.93. The maximum atomic E-state index is 4.42. The third kappa shape index (κ3) is 2.58. The van der Waals surface area contributed by atoms with Crippen molar-refractivity contribution in [3.63, 3.8) is 0 Å². The molecule has 1 aliphatic rings. The molecule has 84 valence electrons. The van der Waals surface area contributed by atoms with Crippen molar-refractivity contribution in [2.75, 3.05) is 20.1 Å². The summed E-state index contributed by atoms with van der Waals surface area (Å²) in [5, 5.41) is 7.69. The molecule has 1 aromatic heterocycles. The molecule has 15 heavy (non-hydrogen) atoms. The smallest absolute Gasteiger partial charge is 0.0764 e. The van der Waals surface area contributed by atoms with Gasteiger partial charge in [-0.05, 0) is 32.5 Å². The second-order valence-corrected chi connectivity index (χ2v) is 4.30. The zero-order chi connectivity index (χ0) is 10.7. The predicted octanol–water partition coefficient (Wildman–Crippen LogP) is 0.604. The minimum absolute atomic E-state index is 0.692. The van der Waals surface area contributed by atoms with Gasteiger partial charge in [-0.2, -0.15) is 5.10 Å². The van der Waals surface area contributed by atoms with Crippen molar-refractivity contribution in [2.24, 2.45) is 7.05 Å². The molecule has 0 bridgehead atoms. The van der Waals surface area contributed by atoms with Gasteiger partial charge in [0.2, 0.25) is 0 Å². The zero-order valence-corrected chi connectivity index (χ0v) is 9.61. The number of nitrogens with zero attached hydrogens (tertiary/aromatic N) is 3. The second kappa shape index (κ2) is 4.77. The highest BCUT2D eigenvalue weighted by Crippen LogP contribution is 2.18. The molecule has 2 heterocycles. The van der Waals surface area contributed by atoms with E-state index in [1.807, 2.05) is 25.0 Å². The first-order valence-electron chi connectivity index (χ1n) is 5.67. The summed E-state index contributed by atoms with van der Waals surface area (Å²) in [4.78, 5) is 2.53. The van der Waals surface area contributed by atoms with Gasteiger partial charge in [0, 0.05) is 32.4 Å². The van der Waals surface area contributed by atoms with Crippen LogP contribution in [-0.2, 0) is 13.6 Å². The summed E-state index contributed by atoms with van der Waals surface area (Å²) in [6.07, 6.45) is 4.64. The van der Waals surface area contributed by atoms with Gasteiger partial charge in [-0.15, -0.1) is 0 Å². The van der Waals surface area contributed by atoms with E-state index in [0.29, 0.717) is 6.04 Å². The van der Waals surface area contributed by atoms with Crippen LogP contribution in [0, 0.1) is 0 Å². The van der Waals surface area contributed by atoms with Gasteiger partial charge >= 0.3 is 0 Å². The molecule has 2 rings (SSSR count). The zero-order valence-electron chi connectivity index (χ0n) is 9.61. The van der Waals surface area contributed by atoms with Crippen LogP contribution in [-0.4, -0.2) is 40.9 Å². The highest BCUT2D eigenvalue weighted by atomic mass is 15.3. The highest BCUT2D eigenvalue weighted by Gasteiger charge is 2.23. The average molecular weight is 208 g/mol. The lowest BCUT2D eigenvalue weighted by Crippen LogP contribution is -2.36. The molecule has 0 amide bonds. The first kappa shape index (κ1) is 10.6. The van der Waals surface area contributed by atoms with Crippen molar-refractivity contribution < 1.29 is 0 Å². The van der Waals surface area contributed by atoms with E-state index in [-0.39, 0.29) is 0 Å². The van der Waals surface area contributed by atoms with Crippen LogP contribution in [0.3, 0.4) is 0 Å². The van der Waals surface area contributed by atoms with Crippen LogP contribution in [0.2, 0.25) is 0 Å². The van der Waals surface area contributed by atoms with Gasteiger partial charge in [-0.1, -0.05) is 0 Å². The van der Waals surface area contributed by atoms with Gasteiger partial charge in [0.25, 0.3) is 0 Å². The Kier molecular flexibility index (Phi) is 3.38. The third-order valence-electron chi connectivity index (χ3n) is 3.07. The number of hydrogen-bond donors (Lipinski definition) is 1. The number of likely N-dealkylation sites (tertiary alicyclic amines) is 1. The van der Waals surface area contributed by atoms with Crippen molar-refractivity contribution in [1.29, 1.82) is 0 Å². The molecule has 1 atom stereocenters. The second-order valence-electron chi connectivity index (χ2n) is 4.30. The summed E-state index contributed by atoms with van der Waals surface area (Å²) in [6.45, 7) is 3.29. The van der Waals surface area contributed by atoms with E-state index in [0.717, 1.165) is 13.1 Å². The monoisotopic (exact) mass is 208 g/mol. The normalized spacial score (nSPS) is 22.4. The lowest BCUT2D eigenvalue weighted by atomic mass is 10.2. The maximum Gasteiger partial charge on any atom is 0.0764 e. The van der Waals surface area contributed by atoms with Gasteiger partial charge in [0.1, 0.15) is 0 Å². The summed E-state index contributed by atoms with van der Waals surface area (Å²) in [7, 11) is 4.00. The number of aromatic nitrogens is 2. The minimum atomic E-state index is 0.692. The van der Waals surface area contributed by atoms with Crippen LogP contribution >= 0.6 is 0 Å². The van der Waals surface area contributed by atoms with Gasteiger partial charge in [-0.25, -0.2) is 0 Å². The fraction of sp³-hybridized carbons (Fsp3) is 0.727. The van der Waals surface area contributed by atoms with Crippen molar-refractivity contribution in [3.8, 4) is 0 Å². The molecule has 0 aromatic carbocycles. The first-order chi connectivity index (χ1) is 7.29. The van der Waals surface area contributed by atoms with Crippen molar-refractivity contribution in [3.05, 3.63) is 18.0 Å². The summed E-state index contributed by atoms with van der Waals surface area (Å²) in [5.74, 6) is 0. The lowest BCUT2D eigenvalue weighted by Gasteiger charge is -2.23. The summed E-state index contributed by atoms with van der Waals surface area (Å²) in [5.41, 5.74) is 1.18. The molecule has 4 heteroatoms. The van der Waals surface area contributed by atoms with Crippen LogP contribution in [0.4, 0.5) is 0 Å². The van der Waals surface area contributed by atoms with Crippen molar-refractivity contribution >= 4 is 0 Å². The van der Waals surface area contributed by atoms with Crippen LogP contribution in [0.15, 0.2) is 12.3 Å². The van der Waals surface area contributed by atoms with Crippen LogP contribution in [0.5, 0.6) is 0 Å². The lowest BCUT2D eigenvalue weighted by molar-refractivity contribution is 0.239. The fourth-order valence-corrected chi connectivity index (χ4v) is 2.33. The maximum absolute atomic E-state index is 4.42. The molecule has 1 saturated heterocycles. The van der Waals surface area contributed by atoms with Crippen molar-refractivity contribution in [2.45, 2.75) is 25.4 Å². The Morgan fingerprint density at radius 1 is 1.60 bits per heavy atom. The molecule has 1 unspecified atom stereocenters. The SMILES string of the molecule is CNCC1CCCN1Cc1ccn(C)n1. The molecule has 1 N–H and O–H groups in total. The topological polar surface area (TPSA) is 33.1 Å². The standard InChI is InChI=1S/C11H20N4/c1-12-8-11-4-3-6-15(11)9-10-5-7-14(2)13-10/h5,7,11-12H,3-4,6,8-9H2,1-2H3. The molecule has 1 fully saturated rings. The Morgan fingerprint density at radius 3 is 3.13 bits per heavy atom. The molecule has 0 aliphatic carbocycles. The Morgan fingerprint density at radius 2 is 2.47 bits per heavy atom. The molecule has 0 saturated carbocycles. The van der Waals surface area contributed by atoms with Gasteiger partial charge in [0.15, 0.2) is 0 Å². The number of hydrogen-bond acceptors (Lipinski definition) is 3. The van der Waals surface area contributed by atoms with E-state index in [9.17, 15) is 0 Å². The van der Waals surface area contributed by atoms with E-state index >= 15 is 0 Å². The quantitative estimate of drug-likeness (QED) is 0.787. The number of likely N-dealkylation sites (N-methyl/N-ethyl adjacent to an activating group) is 1. The van der Waals surface area contributed by atoms with E-state index in [1.165, 1.54) is 25.1 Å². The molecule has 0 spiro atoms. The molecular weight excluding hydrogens is 188 g/mol. The van der Waals surface area contributed by atoms with Crippen LogP contribution < -0.4 is 5.32 Å². The Hall–Kier alpha value is -0.870. The van der Waals surface area contributed by atoms with Gasteiger partial charge < -0.3 is 5.32 Å². The van der Waals surface area contributed by atoms with Gasteiger partial charge in [0.05, 0.1) is 5.69 Å². The van der Waals surface area contributed by atoms with Crippen LogP contribution in [0.1, 0.15) is 18.5 Å². The number of aryl methyl sites for hydroxylation is 1. The summed E-state index contributed by atoms with van der Waals surface area (Å²) >= 11 is 0. The first-order valence-corrected chi connectivity index (χ1v) is 5.67. The molecule has 4 nitrogen and oxygen atoms in total. The highest BCUT2D eigenvalue weighted by molar-refractivity contribution is 4.99. The summed E-state index contributed by atoms with van der Waals surface area (Å²) < 4.78 is 1.87. The van der Waals surface area contributed by atoms with Crippen LogP contribution in [0.25, 0.3) is 0 Å². The average Bonchev–Trinajstić information content (AvgIpc) is 2.78.